The number of nitrogens with one attached hydrogen (secondary N) is 1. The van der Waals surface area contributed by atoms with Crippen molar-refractivity contribution in [3.63, 3.8) is 0 Å². The third kappa shape index (κ3) is 1.82. The van der Waals surface area contributed by atoms with E-state index in [9.17, 15) is 0 Å². The maximum atomic E-state index is 3.51. The fraction of sp³-hybridized carbons (Fsp3) is 0.176. The number of hydrogen-bond acceptors (Lipinski definition) is 0. The average molecular weight is 235 g/mol. The summed E-state index contributed by atoms with van der Waals surface area (Å²) in [5.41, 5.74) is 7.59. The van der Waals surface area contributed by atoms with Gasteiger partial charge in [0.15, 0.2) is 0 Å². The number of aromatic amines is 1. The van der Waals surface area contributed by atoms with Gasteiger partial charge in [-0.15, -0.1) is 0 Å². The fourth-order valence-electron chi connectivity index (χ4n) is 2.49. The van der Waals surface area contributed by atoms with E-state index in [1.54, 1.807) is 0 Å². The second-order valence-corrected chi connectivity index (χ2v) is 5.09. The van der Waals surface area contributed by atoms with Crippen molar-refractivity contribution in [1.29, 1.82) is 0 Å². The van der Waals surface area contributed by atoms with Crippen LogP contribution < -0.4 is 0 Å². The Morgan fingerprint density at radius 2 is 1.50 bits per heavy atom. The lowest BCUT2D eigenvalue weighted by molar-refractivity contribution is 1.40. The first-order valence-corrected chi connectivity index (χ1v) is 6.30. The molecule has 18 heavy (non-hydrogen) atoms. The van der Waals surface area contributed by atoms with Crippen molar-refractivity contribution in [3.8, 4) is 11.3 Å². The SMILES string of the molecule is Cc1ccc(-c2cc3c(C)cc(C)cc3[nH]2)cc1. The van der Waals surface area contributed by atoms with E-state index >= 15 is 0 Å². The van der Waals surface area contributed by atoms with Crippen LogP contribution in [0.2, 0.25) is 0 Å². The van der Waals surface area contributed by atoms with Gasteiger partial charge < -0.3 is 4.98 Å². The third-order valence-electron chi connectivity index (χ3n) is 3.45. The molecule has 1 aromatic heterocycles. The van der Waals surface area contributed by atoms with E-state index in [-0.39, 0.29) is 0 Å². The van der Waals surface area contributed by atoms with Crippen molar-refractivity contribution in [2.45, 2.75) is 20.8 Å². The summed E-state index contributed by atoms with van der Waals surface area (Å²) >= 11 is 0. The molecule has 1 nitrogen and oxygen atoms in total. The van der Waals surface area contributed by atoms with Gasteiger partial charge in [0, 0.05) is 16.6 Å². The number of fused-ring (bicyclic) bond motifs is 1. The first-order valence-electron chi connectivity index (χ1n) is 6.30. The minimum Gasteiger partial charge on any atom is -0.355 e. The first-order chi connectivity index (χ1) is 8.63. The molecular weight excluding hydrogens is 218 g/mol. The van der Waals surface area contributed by atoms with Crippen LogP contribution in [0.25, 0.3) is 22.2 Å². The molecule has 2 aromatic carbocycles. The molecule has 1 N–H and O–H groups in total. The summed E-state index contributed by atoms with van der Waals surface area (Å²) in [4.78, 5) is 3.51. The highest BCUT2D eigenvalue weighted by Gasteiger charge is 2.05. The Morgan fingerprint density at radius 1 is 0.778 bits per heavy atom. The zero-order valence-electron chi connectivity index (χ0n) is 11.0. The Hall–Kier alpha value is -2.02. The van der Waals surface area contributed by atoms with Gasteiger partial charge in [-0.05, 0) is 49.6 Å². The van der Waals surface area contributed by atoms with Gasteiger partial charge in [0.1, 0.15) is 0 Å². The van der Waals surface area contributed by atoms with E-state index in [0.717, 1.165) is 0 Å². The molecule has 1 heteroatoms. The van der Waals surface area contributed by atoms with Crippen LogP contribution in [0.5, 0.6) is 0 Å². The molecular formula is C17H17N. The van der Waals surface area contributed by atoms with E-state index in [1.807, 2.05) is 0 Å². The molecule has 0 aliphatic rings. The van der Waals surface area contributed by atoms with Crippen LogP contribution in [0.15, 0.2) is 42.5 Å². The Balaban J connectivity index is 2.19. The van der Waals surface area contributed by atoms with Gasteiger partial charge in [0.2, 0.25) is 0 Å². The highest BCUT2D eigenvalue weighted by molar-refractivity contribution is 5.89. The summed E-state index contributed by atoms with van der Waals surface area (Å²) in [7, 11) is 0. The smallest absolute Gasteiger partial charge is 0.0464 e. The van der Waals surface area contributed by atoms with Crippen LogP contribution in [0.1, 0.15) is 16.7 Å². The summed E-state index contributed by atoms with van der Waals surface area (Å²) < 4.78 is 0. The van der Waals surface area contributed by atoms with Gasteiger partial charge in [-0.1, -0.05) is 35.9 Å². The van der Waals surface area contributed by atoms with Crippen molar-refractivity contribution in [2.24, 2.45) is 0 Å². The van der Waals surface area contributed by atoms with Gasteiger partial charge in [0.25, 0.3) is 0 Å². The molecule has 0 radical (unpaired) electrons. The normalized spacial score (nSPS) is 11.1. The monoisotopic (exact) mass is 235 g/mol. The van der Waals surface area contributed by atoms with Crippen molar-refractivity contribution in [2.75, 3.05) is 0 Å². The molecule has 0 fully saturated rings. The summed E-state index contributed by atoms with van der Waals surface area (Å²) in [5.74, 6) is 0. The van der Waals surface area contributed by atoms with E-state index in [1.165, 1.54) is 38.9 Å². The number of benzene rings is 2. The number of rotatable bonds is 1. The second-order valence-electron chi connectivity index (χ2n) is 5.09. The van der Waals surface area contributed by atoms with Gasteiger partial charge >= 0.3 is 0 Å². The van der Waals surface area contributed by atoms with Gasteiger partial charge in [0.05, 0.1) is 0 Å². The Kier molecular flexibility index (Phi) is 2.48. The minimum atomic E-state index is 1.19. The van der Waals surface area contributed by atoms with Gasteiger partial charge in [-0.25, -0.2) is 0 Å². The first kappa shape index (κ1) is 11.1. The zero-order chi connectivity index (χ0) is 12.7. The predicted octanol–water partition coefficient (Wildman–Crippen LogP) is 4.76. The predicted molar refractivity (Wildman–Crippen MR) is 77.9 cm³/mol. The lowest BCUT2D eigenvalue weighted by atomic mass is 10.1. The van der Waals surface area contributed by atoms with Crippen LogP contribution in [0.4, 0.5) is 0 Å². The van der Waals surface area contributed by atoms with Crippen molar-refractivity contribution in [1.82, 2.24) is 4.98 Å². The average Bonchev–Trinajstić information content (AvgIpc) is 2.74. The molecule has 0 saturated heterocycles. The molecule has 3 rings (SSSR count). The summed E-state index contributed by atoms with van der Waals surface area (Å²) in [6.45, 7) is 6.42. The molecule has 3 aromatic rings. The summed E-state index contributed by atoms with van der Waals surface area (Å²) in [6, 6.07) is 15.3. The summed E-state index contributed by atoms with van der Waals surface area (Å²) in [5, 5.41) is 1.32. The van der Waals surface area contributed by atoms with E-state index in [2.05, 4.69) is 68.2 Å². The molecule has 0 spiro atoms. The highest BCUT2D eigenvalue weighted by atomic mass is 14.7. The van der Waals surface area contributed by atoms with E-state index in [4.69, 9.17) is 0 Å². The maximum absolute atomic E-state index is 3.51. The quantitative estimate of drug-likeness (QED) is 0.626. The van der Waals surface area contributed by atoms with Crippen molar-refractivity contribution >= 4 is 10.9 Å². The van der Waals surface area contributed by atoms with E-state index in [0.29, 0.717) is 0 Å². The van der Waals surface area contributed by atoms with Gasteiger partial charge in [-0.2, -0.15) is 0 Å². The zero-order valence-corrected chi connectivity index (χ0v) is 11.0. The van der Waals surface area contributed by atoms with E-state index < -0.39 is 0 Å². The highest BCUT2D eigenvalue weighted by Crippen LogP contribution is 2.27. The standard InChI is InChI=1S/C17H17N/c1-11-4-6-14(7-5-11)16-10-15-13(3)8-12(2)9-17(15)18-16/h4-10,18H,1-3H3. The molecule has 0 atom stereocenters. The van der Waals surface area contributed by atoms with Gasteiger partial charge in [-0.3, -0.25) is 0 Å². The molecule has 0 aliphatic heterocycles. The maximum Gasteiger partial charge on any atom is 0.0464 e. The molecule has 0 saturated carbocycles. The number of aryl methyl sites for hydroxylation is 3. The third-order valence-corrected chi connectivity index (χ3v) is 3.45. The second kappa shape index (κ2) is 4.02. The lowest BCUT2D eigenvalue weighted by Crippen LogP contribution is -1.78. The molecule has 0 unspecified atom stereocenters. The van der Waals surface area contributed by atoms with Crippen LogP contribution in [-0.2, 0) is 0 Å². The van der Waals surface area contributed by atoms with Crippen LogP contribution >= 0.6 is 0 Å². The number of H-pyrrole nitrogens is 1. The summed E-state index contributed by atoms with van der Waals surface area (Å²) in [6.07, 6.45) is 0. The molecule has 0 bridgehead atoms. The van der Waals surface area contributed by atoms with Crippen LogP contribution in [-0.4, -0.2) is 4.98 Å². The Labute approximate surface area is 107 Å². The number of aromatic nitrogens is 1. The van der Waals surface area contributed by atoms with Crippen molar-refractivity contribution < 1.29 is 0 Å². The molecule has 1 heterocycles. The Morgan fingerprint density at radius 3 is 2.22 bits per heavy atom. The molecule has 90 valence electrons. The minimum absolute atomic E-state index is 1.19. The topological polar surface area (TPSA) is 15.8 Å². The largest absolute Gasteiger partial charge is 0.355 e. The van der Waals surface area contributed by atoms with Crippen molar-refractivity contribution in [3.05, 3.63) is 59.2 Å². The number of hydrogen-bond donors (Lipinski definition) is 1. The lowest BCUT2D eigenvalue weighted by Gasteiger charge is -1.98. The molecule has 0 amide bonds. The fourth-order valence-corrected chi connectivity index (χ4v) is 2.49. The Bertz CT molecular complexity index is 702. The molecule has 0 aliphatic carbocycles. The van der Waals surface area contributed by atoms with Crippen LogP contribution in [0, 0.1) is 20.8 Å². The van der Waals surface area contributed by atoms with Crippen LogP contribution in [0.3, 0.4) is 0 Å².